The molecule has 0 aliphatic carbocycles. The zero-order chi connectivity index (χ0) is 14.0. The molecule has 0 aliphatic rings. The van der Waals surface area contributed by atoms with E-state index in [0.717, 1.165) is 0 Å². The number of rotatable bonds is 5. The first-order chi connectivity index (χ1) is 8.31. The number of hydrogen-bond acceptors (Lipinski definition) is 5. The van der Waals surface area contributed by atoms with Crippen molar-refractivity contribution in [2.24, 2.45) is 0 Å². The lowest BCUT2D eigenvalue weighted by molar-refractivity contribution is -0.384. The molecule has 1 N–H and O–H groups in total. The lowest BCUT2D eigenvalue weighted by Crippen LogP contribution is -2.34. The Balaban J connectivity index is 3.41. The number of likely N-dealkylation sites (N-methyl/N-ethyl adjacent to an activating group) is 1. The van der Waals surface area contributed by atoms with Crippen molar-refractivity contribution in [3.8, 4) is 0 Å². The summed E-state index contributed by atoms with van der Waals surface area (Å²) >= 11 is 0. The molecule has 7 nitrogen and oxygen atoms in total. The molecule has 1 heterocycles. The highest BCUT2D eigenvalue weighted by Gasteiger charge is 2.30. The van der Waals surface area contributed by atoms with E-state index in [0.29, 0.717) is 11.5 Å². The van der Waals surface area contributed by atoms with Gasteiger partial charge in [-0.15, -0.1) is 0 Å². The Morgan fingerprint density at radius 2 is 2.06 bits per heavy atom. The molecule has 0 fully saturated rings. The highest BCUT2D eigenvalue weighted by molar-refractivity contribution is 5.61. The van der Waals surface area contributed by atoms with Gasteiger partial charge in [-0.2, -0.15) is 5.10 Å². The zero-order valence-electron chi connectivity index (χ0n) is 11.4. The number of aliphatic hydroxyl groups excluding tert-OH is 1. The second-order valence-electron chi connectivity index (χ2n) is 4.70. The van der Waals surface area contributed by atoms with E-state index in [1.807, 2.05) is 13.8 Å². The van der Waals surface area contributed by atoms with Gasteiger partial charge >= 0.3 is 5.69 Å². The van der Waals surface area contributed by atoms with Gasteiger partial charge in [0.2, 0.25) is 5.82 Å². The van der Waals surface area contributed by atoms with Crippen LogP contribution in [0.4, 0.5) is 11.5 Å². The van der Waals surface area contributed by atoms with Crippen LogP contribution < -0.4 is 4.90 Å². The normalized spacial score (nSPS) is 12.8. The van der Waals surface area contributed by atoms with Crippen LogP contribution in [0.15, 0.2) is 0 Å². The fraction of sp³-hybridized carbons (Fsp3) is 0.727. The third kappa shape index (κ3) is 2.45. The van der Waals surface area contributed by atoms with Crippen LogP contribution >= 0.6 is 0 Å². The Morgan fingerprint density at radius 3 is 2.44 bits per heavy atom. The van der Waals surface area contributed by atoms with Crippen molar-refractivity contribution in [2.75, 3.05) is 18.6 Å². The topological polar surface area (TPSA) is 84.4 Å². The molecule has 0 bridgehead atoms. The molecule has 0 aliphatic heterocycles. The van der Waals surface area contributed by atoms with E-state index in [1.54, 1.807) is 30.5 Å². The SMILES string of the molecule is Cc1nn(C(C)C)c(N(C)C(C)CO)c1[N+](=O)[O-]. The van der Waals surface area contributed by atoms with Gasteiger partial charge in [0.05, 0.1) is 17.6 Å². The van der Waals surface area contributed by atoms with E-state index in [4.69, 9.17) is 0 Å². The largest absolute Gasteiger partial charge is 0.394 e. The van der Waals surface area contributed by atoms with E-state index in [2.05, 4.69) is 5.10 Å². The number of anilines is 1. The molecule has 102 valence electrons. The Labute approximate surface area is 106 Å². The summed E-state index contributed by atoms with van der Waals surface area (Å²) < 4.78 is 1.62. The molecule has 0 aromatic carbocycles. The molecule has 0 saturated heterocycles. The average Bonchev–Trinajstić information content (AvgIpc) is 2.64. The van der Waals surface area contributed by atoms with Crippen molar-refractivity contribution in [2.45, 2.75) is 39.8 Å². The lowest BCUT2D eigenvalue weighted by atomic mass is 10.3. The summed E-state index contributed by atoms with van der Waals surface area (Å²) in [4.78, 5) is 12.4. The van der Waals surface area contributed by atoms with Gasteiger partial charge in [0, 0.05) is 13.1 Å². The average molecular weight is 256 g/mol. The second kappa shape index (κ2) is 5.34. The summed E-state index contributed by atoms with van der Waals surface area (Å²) in [5.41, 5.74) is 0.396. The van der Waals surface area contributed by atoms with Crippen molar-refractivity contribution in [3.63, 3.8) is 0 Å². The monoisotopic (exact) mass is 256 g/mol. The fourth-order valence-electron chi connectivity index (χ4n) is 1.76. The third-order valence-corrected chi connectivity index (χ3v) is 2.96. The number of hydrogen-bond donors (Lipinski definition) is 1. The van der Waals surface area contributed by atoms with Gasteiger partial charge in [0.1, 0.15) is 5.69 Å². The van der Waals surface area contributed by atoms with Gasteiger partial charge in [0.15, 0.2) is 0 Å². The Hall–Kier alpha value is -1.63. The summed E-state index contributed by atoms with van der Waals surface area (Å²) in [5.74, 6) is 0.439. The Morgan fingerprint density at radius 1 is 1.50 bits per heavy atom. The first-order valence-electron chi connectivity index (χ1n) is 5.88. The number of nitrogens with zero attached hydrogens (tertiary/aromatic N) is 4. The van der Waals surface area contributed by atoms with Crippen LogP contribution in [0.3, 0.4) is 0 Å². The van der Waals surface area contributed by atoms with Gasteiger partial charge in [-0.1, -0.05) is 0 Å². The third-order valence-electron chi connectivity index (χ3n) is 2.96. The predicted octanol–water partition coefficient (Wildman–Crippen LogP) is 1.50. The van der Waals surface area contributed by atoms with Crippen molar-refractivity contribution in [3.05, 3.63) is 15.8 Å². The van der Waals surface area contributed by atoms with Crippen molar-refractivity contribution >= 4 is 11.5 Å². The van der Waals surface area contributed by atoms with Crippen LogP contribution in [0.1, 0.15) is 32.5 Å². The maximum Gasteiger partial charge on any atom is 0.333 e. The number of aromatic nitrogens is 2. The van der Waals surface area contributed by atoms with E-state index in [1.165, 1.54) is 0 Å². The van der Waals surface area contributed by atoms with Crippen LogP contribution in [-0.2, 0) is 0 Å². The molecule has 18 heavy (non-hydrogen) atoms. The first kappa shape index (κ1) is 14.4. The van der Waals surface area contributed by atoms with Crippen LogP contribution in [0.2, 0.25) is 0 Å². The molecule has 0 spiro atoms. The van der Waals surface area contributed by atoms with Crippen LogP contribution in [0, 0.1) is 17.0 Å². The number of aryl methyl sites for hydroxylation is 1. The molecular formula is C11H20N4O3. The number of nitro groups is 1. The molecule has 1 unspecified atom stereocenters. The maximum absolute atomic E-state index is 11.2. The van der Waals surface area contributed by atoms with E-state index in [9.17, 15) is 15.2 Å². The van der Waals surface area contributed by atoms with Crippen LogP contribution in [0.25, 0.3) is 0 Å². The minimum atomic E-state index is -0.420. The second-order valence-corrected chi connectivity index (χ2v) is 4.70. The summed E-state index contributed by atoms with van der Waals surface area (Å²) in [6, 6.07) is -0.196. The van der Waals surface area contributed by atoms with Gasteiger partial charge in [-0.05, 0) is 27.7 Å². The first-order valence-corrected chi connectivity index (χ1v) is 5.88. The molecular weight excluding hydrogens is 236 g/mol. The quantitative estimate of drug-likeness (QED) is 0.637. The van der Waals surface area contributed by atoms with Gasteiger partial charge in [-0.25, -0.2) is 4.68 Å². The Bertz CT molecular complexity index is 442. The van der Waals surface area contributed by atoms with E-state index < -0.39 is 4.92 Å². The van der Waals surface area contributed by atoms with Gasteiger partial charge in [0.25, 0.3) is 0 Å². The highest BCUT2D eigenvalue weighted by atomic mass is 16.6. The van der Waals surface area contributed by atoms with Crippen molar-refractivity contribution in [1.29, 1.82) is 0 Å². The van der Waals surface area contributed by atoms with E-state index in [-0.39, 0.29) is 24.4 Å². The molecule has 0 radical (unpaired) electrons. The summed E-state index contributed by atoms with van der Waals surface area (Å²) in [6.07, 6.45) is 0. The molecule has 0 saturated carbocycles. The zero-order valence-corrected chi connectivity index (χ0v) is 11.4. The molecule has 0 amide bonds. The summed E-state index contributed by atoms with van der Waals surface area (Å²) in [5, 5.41) is 24.6. The van der Waals surface area contributed by atoms with Crippen LogP contribution in [-0.4, -0.2) is 39.5 Å². The maximum atomic E-state index is 11.2. The molecule has 1 rings (SSSR count). The standard InChI is InChI=1S/C11H20N4O3/c1-7(2)14-11(13(5)8(3)6-16)10(15(17)18)9(4)12-14/h7-8,16H,6H2,1-5H3. The van der Waals surface area contributed by atoms with Gasteiger partial charge in [-0.3, -0.25) is 10.1 Å². The minimum Gasteiger partial charge on any atom is -0.394 e. The van der Waals surface area contributed by atoms with Crippen molar-refractivity contribution < 1.29 is 10.0 Å². The molecule has 1 aromatic rings. The lowest BCUT2D eigenvalue weighted by Gasteiger charge is -2.26. The van der Waals surface area contributed by atoms with Gasteiger partial charge < -0.3 is 10.0 Å². The van der Waals surface area contributed by atoms with E-state index >= 15 is 0 Å². The molecule has 1 atom stereocenters. The molecule has 1 aromatic heterocycles. The predicted molar refractivity (Wildman–Crippen MR) is 69.0 cm³/mol. The fourth-order valence-corrected chi connectivity index (χ4v) is 1.76. The Kier molecular flexibility index (Phi) is 4.28. The van der Waals surface area contributed by atoms with Crippen molar-refractivity contribution in [1.82, 2.24) is 9.78 Å². The summed E-state index contributed by atoms with van der Waals surface area (Å²) in [7, 11) is 1.73. The van der Waals surface area contributed by atoms with Crippen LogP contribution in [0.5, 0.6) is 0 Å². The summed E-state index contributed by atoms with van der Waals surface area (Å²) in [6.45, 7) is 7.18. The smallest absolute Gasteiger partial charge is 0.333 e. The number of aliphatic hydroxyl groups is 1. The molecule has 7 heteroatoms. The minimum absolute atomic E-state index is 0.00602. The highest BCUT2D eigenvalue weighted by Crippen LogP contribution is 2.33.